The second-order valence-electron chi connectivity index (χ2n) is 4.62. The van der Waals surface area contributed by atoms with Crippen molar-refractivity contribution in [3.63, 3.8) is 0 Å². The molecule has 0 heterocycles. The third-order valence-electron chi connectivity index (χ3n) is 3.35. The van der Waals surface area contributed by atoms with Crippen molar-refractivity contribution < 1.29 is 0 Å². The second-order valence-corrected chi connectivity index (χ2v) is 6.57. The Morgan fingerprint density at radius 2 is 2.11 bits per heavy atom. The Morgan fingerprint density at radius 3 is 2.72 bits per heavy atom. The monoisotopic (exact) mass is 280 g/mol. The van der Waals surface area contributed by atoms with E-state index in [1.165, 1.54) is 30.7 Å². The molecule has 0 amide bonds. The van der Waals surface area contributed by atoms with Crippen molar-refractivity contribution in [2.75, 3.05) is 11.1 Å². The van der Waals surface area contributed by atoms with Crippen LogP contribution >= 0.6 is 24.0 Å². The fraction of sp³-hybridized carbons (Fsp3) is 0.500. The summed E-state index contributed by atoms with van der Waals surface area (Å²) in [4.78, 5) is 0.460. The molecule has 4 heteroatoms. The average molecular weight is 280 g/mol. The van der Waals surface area contributed by atoms with Gasteiger partial charge < -0.3 is 11.1 Å². The minimum Gasteiger partial charge on any atom is -0.389 e. The molecule has 18 heavy (non-hydrogen) atoms. The van der Waals surface area contributed by atoms with Crippen molar-refractivity contribution in [1.82, 2.24) is 0 Å². The van der Waals surface area contributed by atoms with Gasteiger partial charge in [-0.15, -0.1) is 0 Å². The van der Waals surface area contributed by atoms with Crippen molar-refractivity contribution in [3.05, 3.63) is 29.8 Å². The Kier molecular flexibility index (Phi) is 4.89. The normalized spacial score (nSPS) is 22.9. The van der Waals surface area contributed by atoms with E-state index in [-0.39, 0.29) is 0 Å². The standard InChI is InChI=1S/C14H20N2S2/c1-2-18-13-5-3-4-12(13)16-11-8-6-10(7-9-11)14(15)17/h6-9,12-13,16H,2-5H2,1H3,(H2,15,17). The fourth-order valence-electron chi connectivity index (χ4n) is 2.45. The van der Waals surface area contributed by atoms with E-state index in [0.717, 1.165) is 10.8 Å². The highest BCUT2D eigenvalue weighted by molar-refractivity contribution is 7.99. The molecule has 1 aliphatic rings. The lowest BCUT2D eigenvalue weighted by Crippen LogP contribution is -2.26. The van der Waals surface area contributed by atoms with Crippen LogP contribution in [-0.2, 0) is 0 Å². The summed E-state index contributed by atoms with van der Waals surface area (Å²) in [5, 5.41) is 4.39. The van der Waals surface area contributed by atoms with E-state index in [9.17, 15) is 0 Å². The molecule has 0 saturated heterocycles. The number of nitrogens with one attached hydrogen (secondary N) is 1. The van der Waals surface area contributed by atoms with Crippen LogP contribution in [-0.4, -0.2) is 22.0 Å². The average Bonchev–Trinajstić information content (AvgIpc) is 2.78. The molecule has 1 aromatic rings. The number of thiocarbonyl (C=S) groups is 1. The van der Waals surface area contributed by atoms with Gasteiger partial charge in [0.15, 0.2) is 0 Å². The maximum atomic E-state index is 5.60. The Morgan fingerprint density at radius 1 is 1.39 bits per heavy atom. The highest BCUT2D eigenvalue weighted by atomic mass is 32.2. The molecule has 1 aromatic carbocycles. The molecule has 98 valence electrons. The van der Waals surface area contributed by atoms with Crippen LogP contribution in [0.1, 0.15) is 31.7 Å². The SMILES string of the molecule is CCSC1CCCC1Nc1ccc(C(N)=S)cc1. The zero-order valence-electron chi connectivity index (χ0n) is 10.7. The van der Waals surface area contributed by atoms with Crippen molar-refractivity contribution >= 4 is 34.7 Å². The van der Waals surface area contributed by atoms with E-state index in [2.05, 4.69) is 36.1 Å². The number of rotatable bonds is 5. The predicted octanol–water partition coefficient (Wildman–Crippen LogP) is 3.41. The predicted molar refractivity (Wildman–Crippen MR) is 85.5 cm³/mol. The van der Waals surface area contributed by atoms with Gasteiger partial charge in [-0.2, -0.15) is 11.8 Å². The van der Waals surface area contributed by atoms with Gasteiger partial charge in [0.05, 0.1) is 0 Å². The van der Waals surface area contributed by atoms with E-state index in [1.807, 2.05) is 12.1 Å². The lowest BCUT2D eigenvalue weighted by Gasteiger charge is -2.21. The highest BCUT2D eigenvalue weighted by Gasteiger charge is 2.26. The Bertz CT molecular complexity index is 403. The fourth-order valence-corrected chi connectivity index (χ4v) is 3.78. The van der Waals surface area contributed by atoms with Crippen LogP contribution in [0.5, 0.6) is 0 Å². The number of nitrogens with two attached hydrogens (primary N) is 1. The van der Waals surface area contributed by atoms with Crippen molar-refractivity contribution in [2.45, 2.75) is 37.5 Å². The minimum atomic E-state index is 0.460. The number of hydrogen-bond donors (Lipinski definition) is 2. The summed E-state index contributed by atoms with van der Waals surface area (Å²) in [5.41, 5.74) is 7.70. The third-order valence-corrected chi connectivity index (χ3v) is 4.92. The lowest BCUT2D eigenvalue weighted by molar-refractivity contribution is 0.768. The Hall–Kier alpha value is -0.740. The molecule has 3 N–H and O–H groups in total. The van der Waals surface area contributed by atoms with E-state index in [1.54, 1.807) is 0 Å². The van der Waals surface area contributed by atoms with Gasteiger partial charge >= 0.3 is 0 Å². The van der Waals surface area contributed by atoms with Crippen LogP contribution in [0.15, 0.2) is 24.3 Å². The molecule has 2 atom stereocenters. The third kappa shape index (κ3) is 3.39. The summed E-state index contributed by atoms with van der Waals surface area (Å²) in [7, 11) is 0. The van der Waals surface area contributed by atoms with E-state index in [0.29, 0.717) is 11.0 Å². The molecule has 0 aliphatic heterocycles. The largest absolute Gasteiger partial charge is 0.389 e. The molecule has 1 aliphatic carbocycles. The van der Waals surface area contributed by atoms with Gasteiger partial charge in [0, 0.05) is 22.5 Å². The summed E-state index contributed by atoms with van der Waals surface area (Å²) in [6, 6.07) is 8.72. The summed E-state index contributed by atoms with van der Waals surface area (Å²) < 4.78 is 0. The number of benzene rings is 1. The molecule has 1 fully saturated rings. The minimum absolute atomic E-state index is 0.460. The van der Waals surface area contributed by atoms with E-state index >= 15 is 0 Å². The van der Waals surface area contributed by atoms with E-state index in [4.69, 9.17) is 18.0 Å². The summed E-state index contributed by atoms with van der Waals surface area (Å²) in [6.45, 7) is 2.23. The van der Waals surface area contributed by atoms with Gasteiger partial charge in [-0.05, 0) is 42.9 Å². The quantitative estimate of drug-likeness (QED) is 0.811. The number of thioether (sulfide) groups is 1. The summed E-state index contributed by atoms with van der Waals surface area (Å²) in [6.07, 6.45) is 3.94. The van der Waals surface area contributed by atoms with Gasteiger partial charge in [0.1, 0.15) is 4.99 Å². The first-order chi connectivity index (χ1) is 8.70. The first-order valence-corrected chi connectivity index (χ1v) is 7.94. The van der Waals surface area contributed by atoms with Gasteiger partial charge in [0.25, 0.3) is 0 Å². The molecule has 1 saturated carbocycles. The van der Waals surface area contributed by atoms with Gasteiger partial charge in [-0.1, -0.05) is 25.6 Å². The molecule has 2 nitrogen and oxygen atoms in total. The van der Waals surface area contributed by atoms with Crippen LogP contribution in [0, 0.1) is 0 Å². The zero-order chi connectivity index (χ0) is 13.0. The number of anilines is 1. The summed E-state index contributed by atoms with van der Waals surface area (Å²) in [5.74, 6) is 1.20. The molecular weight excluding hydrogens is 260 g/mol. The van der Waals surface area contributed by atoms with Crippen LogP contribution in [0.4, 0.5) is 5.69 Å². The molecule has 0 spiro atoms. The Balaban J connectivity index is 1.98. The lowest BCUT2D eigenvalue weighted by atomic mass is 10.2. The maximum Gasteiger partial charge on any atom is 0.103 e. The molecule has 0 aromatic heterocycles. The van der Waals surface area contributed by atoms with Crippen LogP contribution in [0.3, 0.4) is 0 Å². The first kappa shape index (κ1) is 13.7. The van der Waals surface area contributed by atoms with Gasteiger partial charge in [-0.3, -0.25) is 0 Å². The van der Waals surface area contributed by atoms with Crippen molar-refractivity contribution in [1.29, 1.82) is 0 Å². The Labute approximate surface area is 119 Å². The van der Waals surface area contributed by atoms with Crippen molar-refractivity contribution in [3.8, 4) is 0 Å². The maximum absolute atomic E-state index is 5.60. The summed E-state index contributed by atoms with van der Waals surface area (Å²) >= 11 is 7.03. The second kappa shape index (κ2) is 6.43. The molecule has 0 radical (unpaired) electrons. The van der Waals surface area contributed by atoms with Gasteiger partial charge in [-0.25, -0.2) is 0 Å². The molecule has 2 unspecified atom stereocenters. The first-order valence-electron chi connectivity index (χ1n) is 6.48. The van der Waals surface area contributed by atoms with Crippen LogP contribution in [0.2, 0.25) is 0 Å². The van der Waals surface area contributed by atoms with Crippen LogP contribution < -0.4 is 11.1 Å². The smallest absolute Gasteiger partial charge is 0.103 e. The molecule has 2 rings (SSSR count). The molecular formula is C14H20N2S2. The van der Waals surface area contributed by atoms with Crippen LogP contribution in [0.25, 0.3) is 0 Å². The van der Waals surface area contributed by atoms with Crippen molar-refractivity contribution in [2.24, 2.45) is 5.73 Å². The molecule has 0 bridgehead atoms. The van der Waals surface area contributed by atoms with Gasteiger partial charge in [0.2, 0.25) is 0 Å². The topological polar surface area (TPSA) is 38.0 Å². The zero-order valence-corrected chi connectivity index (χ0v) is 12.3. The highest BCUT2D eigenvalue weighted by Crippen LogP contribution is 2.32. The van der Waals surface area contributed by atoms with E-state index < -0.39 is 0 Å². The number of hydrogen-bond acceptors (Lipinski definition) is 3.